The number of carbonyl (C=O) groups is 1. The number of rotatable bonds is 10. The molecule has 0 unspecified atom stereocenters. The molecule has 1 amide bonds. The number of halogens is 4. The van der Waals surface area contributed by atoms with Gasteiger partial charge in [-0.05, 0) is 23.7 Å². The van der Waals surface area contributed by atoms with Crippen LogP contribution in [0.15, 0.2) is 0 Å². The van der Waals surface area contributed by atoms with E-state index in [-0.39, 0.29) is 13.1 Å². The van der Waals surface area contributed by atoms with Gasteiger partial charge in [0.15, 0.2) is 0 Å². The van der Waals surface area contributed by atoms with Crippen molar-refractivity contribution in [2.75, 3.05) is 17.5 Å². The summed E-state index contributed by atoms with van der Waals surface area (Å²) in [7, 11) is 0. The van der Waals surface area contributed by atoms with Gasteiger partial charge in [-0.3, -0.25) is 4.79 Å². The summed E-state index contributed by atoms with van der Waals surface area (Å²) in [5.41, 5.74) is 0. The molecule has 0 saturated carbocycles. The molecule has 0 saturated heterocycles. The Balaban J connectivity index is 4.18. The van der Waals surface area contributed by atoms with Gasteiger partial charge in [-0.25, -0.2) is 0 Å². The van der Waals surface area contributed by atoms with E-state index < -0.39 is 12.1 Å². The van der Waals surface area contributed by atoms with E-state index in [9.17, 15) is 18.0 Å². The number of unbranched alkanes of at least 4 members (excludes halogenated alkanes) is 5. The van der Waals surface area contributed by atoms with E-state index in [0.717, 1.165) is 41.4 Å². The molecule has 0 aromatic heterocycles. The van der Waals surface area contributed by atoms with Gasteiger partial charge in [0.1, 0.15) is 0 Å². The second-order valence-corrected chi connectivity index (χ2v) is 5.68. The first-order chi connectivity index (χ1) is 8.93. The number of carbonyl (C=O) groups excluding carboxylic acids is 1. The standard InChI is InChI=1S/C13H23F3INO/c1-2-3-4-7-10-18(11-8-5-6-9-17)12(19)13(14,15)16/h2-11H2,1H3. The Kier molecular flexibility index (Phi) is 10.7. The zero-order valence-electron chi connectivity index (χ0n) is 11.4. The second-order valence-electron chi connectivity index (χ2n) is 4.60. The molecule has 0 radical (unpaired) electrons. The van der Waals surface area contributed by atoms with Crippen LogP contribution < -0.4 is 0 Å². The summed E-state index contributed by atoms with van der Waals surface area (Å²) in [5, 5.41) is 0. The summed E-state index contributed by atoms with van der Waals surface area (Å²) in [4.78, 5) is 12.3. The highest BCUT2D eigenvalue weighted by Crippen LogP contribution is 2.19. The van der Waals surface area contributed by atoms with Gasteiger partial charge >= 0.3 is 12.1 Å². The summed E-state index contributed by atoms with van der Waals surface area (Å²) in [5.74, 6) is -1.68. The minimum Gasteiger partial charge on any atom is -0.335 e. The molecule has 0 aliphatic carbocycles. The molecule has 0 aliphatic rings. The van der Waals surface area contributed by atoms with Crippen LogP contribution in [0.2, 0.25) is 0 Å². The van der Waals surface area contributed by atoms with Gasteiger partial charge in [-0.2, -0.15) is 13.2 Å². The molecule has 19 heavy (non-hydrogen) atoms. The Labute approximate surface area is 127 Å². The van der Waals surface area contributed by atoms with Crippen LogP contribution in [-0.4, -0.2) is 34.5 Å². The maximum atomic E-state index is 12.5. The Morgan fingerprint density at radius 1 is 1.00 bits per heavy atom. The van der Waals surface area contributed by atoms with Crippen LogP contribution >= 0.6 is 22.6 Å². The van der Waals surface area contributed by atoms with Crippen LogP contribution in [0.3, 0.4) is 0 Å². The third kappa shape index (κ3) is 9.51. The molecule has 0 atom stereocenters. The highest BCUT2D eigenvalue weighted by Gasteiger charge is 2.41. The number of hydrogen-bond donors (Lipinski definition) is 0. The second kappa shape index (κ2) is 10.7. The molecule has 0 fully saturated rings. The lowest BCUT2D eigenvalue weighted by Gasteiger charge is -2.23. The molecule has 2 nitrogen and oxygen atoms in total. The lowest BCUT2D eigenvalue weighted by atomic mass is 10.2. The predicted molar refractivity (Wildman–Crippen MR) is 79.5 cm³/mol. The van der Waals surface area contributed by atoms with Crippen LogP contribution in [0.1, 0.15) is 51.9 Å². The van der Waals surface area contributed by atoms with Crippen LogP contribution in [0.5, 0.6) is 0 Å². The molecule has 0 heterocycles. The summed E-state index contributed by atoms with van der Waals surface area (Å²) in [6, 6.07) is 0. The molecule has 0 rings (SSSR count). The van der Waals surface area contributed by atoms with Crippen molar-refractivity contribution in [1.82, 2.24) is 4.90 Å². The molecule has 0 aromatic rings. The third-order valence-electron chi connectivity index (χ3n) is 2.87. The van der Waals surface area contributed by atoms with E-state index in [1.807, 2.05) is 6.92 Å². The van der Waals surface area contributed by atoms with E-state index in [0.29, 0.717) is 12.8 Å². The fourth-order valence-electron chi connectivity index (χ4n) is 1.80. The molecule has 0 bridgehead atoms. The van der Waals surface area contributed by atoms with Gasteiger partial charge in [0.25, 0.3) is 0 Å². The highest BCUT2D eigenvalue weighted by atomic mass is 127. The first kappa shape index (κ1) is 19.0. The number of alkyl halides is 4. The van der Waals surface area contributed by atoms with E-state index >= 15 is 0 Å². The first-order valence-corrected chi connectivity index (χ1v) is 8.38. The predicted octanol–water partition coefficient (Wildman–Crippen LogP) is 4.56. The molecular formula is C13H23F3INO. The normalized spacial score (nSPS) is 11.6. The highest BCUT2D eigenvalue weighted by molar-refractivity contribution is 14.1. The van der Waals surface area contributed by atoms with Gasteiger partial charge in [-0.15, -0.1) is 0 Å². The average molecular weight is 393 g/mol. The molecule has 0 spiro atoms. The van der Waals surface area contributed by atoms with Crippen LogP contribution in [0.4, 0.5) is 13.2 Å². The third-order valence-corrected chi connectivity index (χ3v) is 3.64. The van der Waals surface area contributed by atoms with E-state index in [2.05, 4.69) is 22.6 Å². The zero-order chi connectivity index (χ0) is 14.7. The van der Waals surface area contributed by atoms with Crippen molar-refractivity contribution in [3.05, 3.63) is 0 Å². The van der Waals surface area contributed by atoms with Gasteiger partial charge < -0.3 is 4.90 Å². The van der Waals surface area contributed by atoms with Crippen molar-refractivity contribution in [3.63, 3.8) is 0 Å². The van der Waals surface area contributed by atoms with Crippen molar-refractivity contribution in [3.8, 4) is 0 Å². The van der Waals surface area contributed by atoms with Crippen molar-refractivity contribution in [1.29, 1.82) is 0 Å². The van der Waals surface area contributed by atoms with E-state index in [4.69, 9.17) is 0 Å². The van der Waals surface area contributed by atoms with Crippen molar-refractivity contribution in [2.45, 2.75) is 58.0 Å². The smallest absolute Gasteiger partial charge is 0.335 e. The molecule has 0 aliphatic heterocycles. The Bertz CT molecular complexity index is 235. The van der Waals surface area contributed by atoms with E-state index in [1.165, 1.54) is 0 Å². The van der Waals surface area contributed by atoms with Crippen LogP contribution in [0, 0.1) is 0 Å². The molecule has 0 aromatic carbocycles. The fraction of sp³-hybridized carbons (Fsp3) is 0.923. The van der Waals surface area contributed by atoms with Gasteiger partial charge in [0, 0.05) is 13.1 Å². The quantitative estimate of drug-likeness (QED) is 0.303. The molecule has 0 N–H and O–H groups in total. The van der Waals surface area contributed by atoms with Gasteiger partial charge in [0.2, 0.25) is 0 Å². The zero-order valence-corrected chi connectivity index (χ0v) is 13.6. The van der Waals surface area contributed by atoms with Gasteiger partial charge in [0.05, 0.1) is 0 Å². The SMILES string of the molecule is CCCCCCN(CCCCCI)C(=O)C(F)(F)F. The summed E-state index contributed by atoms with van der Waals surface area (Å²) in [6.45, 7) is 2.49. The largest absolute Gasteiger partial charge is 0.471 e. The minimum atomic E-state index is -4.74. The molecule has 114 valence electrons. The van der Waals surface area contributed by atoms with Crippen LogP contribution in [-0.2, 0) is 4.79 Å². The number of nitrogens with zero attached hydrogens (tertiary/aromatic N) is 1. The van der Waals surface area contributed by atoms with Gasteiger partial charge in [-0.1, -0.05) is 55.2 Å². The van der Waals surface area contributed by atoms with Crippen LogP contribution in [0.25, 0.3) is 0 Å². The summed E-state index contributed by atoms with van der Waals surface area (Å²) >= 11 is 2.24. The maximum Gasteiger partial charge on any atom is 0.471 e. The van der Waals surface area contributed by atoms with Crippen molar-refractivity contribution in [2.24, 2.45) is 0 Å². The topological polar surface area (TPSA) is 20.3 Å². The number of amides is 1. The minimum absolute atomic E-state index is 0.223. The summed E-state index contributed by atoms with van der Waals surface area (Å²) in [6.07, 6.45) is 1.34. The average Bonchev–Trinajstić information content (AvgIpc) is 2.35. The Hall–Kier alpha value is -0.0100. The summed E-state index contributed by atoms with van der Waals surface area (Å²) < 4.78 is 38.4. The Morgan fingerprint density at radius 2 is 1.53 bits per heavy atom. The molecular weight excluding hydrogens is 370 g/mol. The lowest BCUT2D eigenvalue weighted by molar-refractivity contribution is -0.185. The monoisotopic (exact) mass is 393 g/mol. The fourth-order valence-corrected chi connectivity index (χ4v) is 2.34. The number of hydrogen-bond acceptors (Lipinski definition) is 1. The molecule has 6 heteroatoms. The van der Waals surface area contributed by atoms with E-state index in [1.54, 1.807) is 0 Å². The lowest BCUT2D eigenvalue weighted by Crippen LogP contribution is -2.42. The van der Waals surface area contributed by atoms with Crippen molar-refractivity contribution < 1.29 is 18.0 Å². The Morgan fingerprint density at radius 3 is 1.95 bits per heavy atom. The first-order valence-electron chi connectivity index (χ1n) is 6.85. The van der Waals surface area contributed by atoms with Crippen molar-refractivity contribution >= 4 is 28.5 Å². The maximum absolute atomic E-state index is 12.5.